The standard InChI is InChI=1S/C25H25NOS/c1-27-22-12-7-11-21-24(22)28-23-13-6-5-10-20(23)25(21)14-16-26(17-15-25)18-19-8-3-2-4-9-19/h2-13H,14-18H2,1H3. The summed E-state index contributed by atoms with van der Waals surface area (Å²) >= 11 is 1.87. The van der Waals surface area contributed by atoms with Crippen molar-refractivity contribution in [3.63, 3.8) is 0 Å². The summed E-state index contributed by atoms with van der Waals surface area (Å²) in [6, 6.07) is 26.4. The number of benzene rings is 3. The summed E-state index contributed by atoms with van der Waals surface area (Å²) in [7, 11) is 1.78. The second kappa shape index (κ2) is 7.31. The minimum Gasteiger partial charge on any atom is -0.496 e. The van der Waals surface area contributed by atoms with Crippen molar-refractivity contribution in [2.24, 2.45) is 0 Å². The van der Waals surface area contributed by atoms with Crippen molar-refractivity contribution in [3.8, 4) is 5.75 Å². The van der Waals surface area contributed by atoms with Crippen LogP contribution >= 0.6 is 11.8 Å². The van der Waals surface area contributed by atoms with Gasteiger partial charge in [0.05, 0.1) is 12.0 Å². The lowest BCUT2D eigenvalue weighted by Gasteiger charge is -2.46. The fourth-order valence-corrected chi connectivity index (χ4v) is 6.20. The number of methoxy groups -OCH3 is 1. The van der Waals surface area contributed by atoms with Gasteiger partial charge in [0, 0.05) is 16.9 Å². The number of rotatable bonds is 3. The highest BCUT2D eigenvalue weighted by Gasteiger charge is 2.43. The van der Waals surface area contributed by atoms with E-state index in [0.29, 0.717) is 0 Å². The number of hydrogen-bond acceptors (Lipinski definition) is 3. The predicted molar refractivity (Wildman–Crippen MR) is 115 cm³/mol. The first kappa shape index (κ1) is 17.8. The van der Waals surface area contributed by atoms with Crippen LogP contribution in [0.1, 0.15) is 29.5 Å². The van der Waals surface area contributed by atoms with E-state index in [1.165, 1.54) is 26.5 Å². The largest absolute Gasteiger partial charge is 0.496 e. The van der Waals surface area contributed by atoms with Gasteiger partial charge in [0.15, 0.2) is 0 Å². The van der Waals surface area contributed by atoms with E-state index < -0.39 is 0 Å². The molecule has 2 heterocycles. The average molecular weight is 388 g/mol. The van der Waals surface area contributed by atoms with Crippen LogP contribution in [0, 0.1) is 0 Å². The van der Waals surface area contributed by atoms with Crippen LogP contribution in [0.25, 0.3) is 0 Å². The molecule has 0 unspecified atom stereocenters. The zero-order chi connectivity index (χ0) is 19.0. The van der Waals surface area contributed by atoms with Gasteiger partial charge in [-0.2, -0.15) is 0 Å². The molecule has 142 valence electrons. The molecule has 0 atom stereocenters. The summed E-state index contributed by atoms with van der Waals surface area (Å²) in [5.41, 5.74) is 4.45. The van der Waals surface area contributed by atoms with Crippen LogP contribution in [0.3, 0.4) is 0 Å². The second-order valence-electron chi connectivity index (χ2n) is 7.78. The van der Waals surface area contributed by atoms with Gasteiger partial charge in [-0.25, -0.2) is 0 Å². The summed E-state index contributed by atoms with van der Waals surface area (Å²) < 4.78 is 5.73. The Kier molecular flexibility index (Phi) is 4.65. The molecule has 2 aliphatic heterocycles. The molecule has 0 aliphatic carbocycles. The maximum atomic E-state index is 5.73. The normalized spacial score (nSPS) is 17.8. The molecule has 3 aromatic carbocycles. The van der Waals surface area contributed by atoms with Crippen molar-refractivity contribution in [3.05, 3.63) is 89.5 Å². The Balaban J connectivity index is 1.50. The van der Waals surface area contributed by atoms with E-state index in [1.807, 2.05) is 11.8 Å². The molecule has 0 saturated carbocycles. The summed E-state index contributed by atoms with van der Waals surface area (Å²) in [5, 5.41) is 0. The Labute approximate surface area is 171 Å². The molecule has 1 spiro atoms. The Morgan fingerprint density at radius 3 is 2.36 bits per heavy atom. The number of fused-ring (bicyclic) bond motifs is 4. The van der Waals surface area contributed by atoms with Gasteiger partial charge in [-0.15, -0.1) is 0 Å². The summed E-state index contributed by atoms with van der Waals surface area (Å²) in [5.74, 6) is 1.00. The van der Waals surface area contributed by atoms with Crippen molar-refractivity contribution in [1.29, 1.82) is 0 Å². The first-order valence-corrected chi connectivity index (χ1v) is 10.8. The first-order chi connectivity index (χ1) is 13.8. The highest BCUT2D eigenvalue weighted by Crippen LogP contribution is 2.55. The van der Waals surface area contributed by atoms with E-state index >= 15 is 0 Å². The van der Waals surface area contributed by atoms with Gasteiger partial charge >= 0.3 is 0 Å². The number of ether oxygens (including phenoxy) is 1. The van der Waals surface area contributed by atoms with Crippen LogP contribution in [0.5, 0.6) is 5.75 Å². The van der Waals surface area contributed by atoms with Crippen molar-refractivity contribution in [2.45, 2.75) is 34.6 Å². The van der Waals surface area contributed by atoms with E-state index in [1.54, 1.807) is 7.11 Å². The zero-order valence-electron chi connectivity index (χ0n) is 16.2. The average Bonchev–Trinajstić information content (AvgIpc) is 2.76. The number of piperidine rings is 1. The third-order valence-electron chi connectivity index (χ3n) is 6.29. The maximum Gasteiger partial charge on any atom is 0.133 e. The Morgan fingerprint density at radius 2 is 1.57 bits per heavy atom. The fraction of sp³-hybridized carbons (Fsp3) is 0.280. The Bertz CT molecular complexity index is 977. The van der Waals surface area contributed by atoms with Gasteiger partial charge in [-0.3, -0.25) is 4.90 Å². The molecule has 0 N–H and O–H groups in total. The minimum absolute atomic E-state index is 0.0961. The second-order valence-corrected chi connectivity index (χ2v) is 8.83. The molecule has 5 rings (SSSR count). The van der Waals surface area contributed by atoms with Crippen LogP contribution in [-0.4, -0.2) is 25.1 Å². The monoisotopic (exact) mass is 387 g/mol. The Morgan fingerprint density at radius 1 is 0.857 bits per heavy atom. The van der Waals surface area contributed by atoms with Crippen LogP contribution in [0.2, 0.25) is 0 Å². The summed E-state index contributed by atoms with van der Waals surface area (Å²) in [4.78, 5) is 5.29. The van der Waals surface area contributed by atoms with Gasteiger partial charge < -0.3 is 4.74 Å². The highest BCUT2D eigenvalue weighted by molar-refractivity contribution is 7.99. The SMILES string of the molecule is COc1cccc2c1Sc1ccccc1C21CCN(Cc2ccccc2)CC1. The molecular weight excluding hydrogens is 362 g/mol. The van der Waals surface area contributed by atoms with Gasteiger partial charge in [-0.05, 0) is 54.8 Å². The molecular formula is C25H25NOS. The number of nitrogens with zero attached hydrogens (tertiary/aromatic N) is 1. The lowest BCUT2D eigenvalue weighted by Crippen LogP contribution is -2.44. The zero-order valence-corrected chi connectivity index (χ0v) is 17.0. The minimum atomic E-state index is 0.0961. The molecule has 1 saturated heterocycles. The molecule has 0 aromatic heterocycles. The summed E-state index contributed by atoms with van der Waals surface area (Å²) in [6.07, 6.45) is 2.30. The molecule has 0 radical (unpaired) electrons. The molecule has 0 bridgehead atoms. The lowest BCUT2D eigenvalue weighted by molar-refractivity contribution is 0.168. The molecule has 3 heteroatoms. The molecule has 28 heavy (non-hydrogen) atoms. The fourth-order valence-electron chi connectivity index (χ4n) is 4.84. The highest BCUT2D eigenvalue weighted by atomic mass is 32.2. The van der Waals surface area contributed by atoms with E-state index in [0.717, 1.165) is 38.2 Å². The molecule has 1 fully saturated rings. The number of hydrogen-bond donors (Lipinski definition) is 0. The van der Waals surface area contributed by atoms with E-state index in [4.69, 9.17) is 4.74 Å². The third-order valence-corrected chi connectivity index (χ3v) is 7.49. The molecule has 0 amide bonds. The van der Waals surface area contributed by atoms with E-state index in [-0.39, 0.29) is 5.41 Å². The van der Waals surface area contributed by atoms with Crippen LogP contribution in [0.4, 0.5) is 0 Å². The smallest absolute Gasteiger partial charge is 0.133 e. The van der Waals surface area contributed by atoms with Crippen molar-refractivity contribution >= 4 is 11.8 Å². The third kappa shape index (κ3) is 2.94. The quantitative estimate of drug-likeness (QED) is 0.568. The van der Waals surface area contributed by atoms with Gasteiger partial charge in [0.2, 0.25) is 0 Å². The molecule has 2 aliphatic rings. The summed E-state index contributed by atoms with van der Waals surface area (Å²) in [6.45, 7) is 3.27. The Hall–Kier alpha value is -2.23. The number of likely N-dealkylation sites (tertiary alicyclic amines) is 1. The van der Waals surface area contributed by atoms with Gasteiger partial charge in [-0.1, -0.05) is 72.4 Å². The van der Waals surface area contributed by atoms with E-state index in [2.05, 4.69) is 77.7 Å². The van der Waals surface area contributed by atoms with Crippen molar-refractivity contribution in [2.75, 3.05) is 20.2 Å². The molecule has 3 aromatic rings. The van der Waals surface area contributed by atoms with Crippen LogP contribution in [-0.2, 0) is 12.0 Å². The topological polar surface area (TPSA) is 12.5 Å². The van der Waals surface area contributed by atoms with Crippen LogP contribution < -0.4 is 4.74 Å². The predicted octanol–water partition coefficient (Wildman–Crippen LogP) is 5.74. The van der Waals surface area contributed by atoms with Gasteiger partial charge in [0.25, 0.3) is 0 Å². The van der Waals surface area contributed by atoms with Gasteiger partial charge in [0.1, 0.15) is 5.75 Å². The van der Waals surface area contributed by atoms with Crippen LogP contribution in [0.15, 0.2) is 82.6 Å². The maximum absolute atomic E-state index is 5.73. The van der Waals surface area contributed by atoms with Crippen molar-refractivity contribution < 1.29 is 4.74 Å². The lowest BCUT2D eigenvalue weighted by atomic mass is 9.67. The van der Waals surface area contributed by atoms with Crippen molar-refractivity contribution in [1.82, 2.24) is 4.90 Å². The first-order valence-electron chi connectivity index (χ1n) is 10.0. The van der Waals surface area contributed by atoms with E-state index in [9.17, 15) is 0 Å². The molecule has 2 nitrogen and oxygen atoms in total.